The zero-order chi connectivity index (χ0) is 12.3. The van der Waals surface area contributed by atoms with E-state index in [0.29, 0.717) is 0 Å². The Labute approximate surface area is 96.6 Å². The van der Waals surface area contributed by atoms with E-state index in [9.17, 15) is 18.5 Å². The number of nitrogens with zero attached hydrogens (tertiary/aromatic N) is 2. The number of hydrogen-bond donors (Lipinski definition) is 1. The summed E-state index contributed by atoms with van der Waals surface area (Å²) < 4.78 is 23.8. The van der Waals surface area contributed by atoms with Crippen LogP contribution in [0.25, 0.3) is 0 Å². The molecule has 0 radical (unpaired) electrons. The SMILES string of the molecule is CS(=O)(=O)NCc1cc([N+](=O)[O-])cnc1Cl. The van der Waals surface area contributed by atoms with Crippen molar-refractivity contribution in [3.63, 3.8) is 0 Å². The predicted octanol–water partition coefficient (Wildman–Crippen LogP) is 0.692. The molecule has 1 N–H and O–H groups in total. The van der Waals surface area contributed by atoms with Gasteiger partial charge >= 0.3 is 0 Å². The van der Waals surface area contributed by atoms with E-state index in [2.05, 4.69) is 9.71 Å². The van der Waals surface area contributed by atoms with Crippen LogP contribution in [0, 0.1) is 10.1 Å². The standard InChI is InChI=1S/C7H8ClN3O4S/c1-16(14,15)10-3-5-2-6(11(12)13)4-9-7(5)8/h2,4,10H,3H2,1H3. The summed E-state index contributed by atoms with van der Waals surface area (Å²) in [4.78, 5) is 13.4. The van der Waals surface area contributed by atoms with E-state index in [1.54, 1.807) is 0 Å². The fourth-order valence-electron chi connectivity index (χ4n) is 0.914. The van der Waals surface area contributed by atoms with Crippen LogP contribution < -0.4 is 4.72 Å². The molecule has 0 aliphatic heterocycles. The van der Waals surface area contributed by atoms with Gasteiger partial charge in [0.25, 0.3) is 5.69 Å². The number of pyridine rings is 1. The van der Waals surface area contributed by atoms with E-state index in [1.165, 1.54) is 6.07 Å². The van der Waals surface area contributed by atoms with Crippen LogP contribution in [-0.4, -0.2) is 24.6 Å². The molecular formula is C7H8ClN3O4S. The molecule has 1 heterocycles. The minimum atomic E-state index is -3.38. The fourth-order valence-corrected chi connectivity index (χ4v) is 1.50. The van der Waals surface area contributed by atoms with Crippen LogP contribution in [0.15, 0.2) is 12.3 Å². The number of halogens is 1. The van der Waals surface area contributed by atoms with Crippen molar-refractivity contribution in [1.82, 2.24) is 9.71 Å². The van der Waals surface area contributed by atoms with Gasteiger partial charge in [-0.1, -0.05) is 11.6 Å². The predicted molar refractivity (Wildman–Crippen MR) is 57.6 cm³/mol. The van der Waals surface area contributed by atoms with Gasteiger partial charge in [0.1, 0.15) is 11.3 Å². The lowest BCUT2D eigenvalue weighted by molar-refractivity contribution is -0.385. The molecular weight excluding hydrogens is 258 g/mol. The Morgan fingerprint density at radius 2 is 2.25 bits per heavy atom. The average molecular weight is 266 g/mol. The number of nitrogens with one attached hydrogen (secondary N) is 1. The topological polar surface area (TPSA) is 102 Å². The molecule has 0 saturated carbocycles. The van der Waals surface area contributed by atoms with Crippen LogP contribution in [0.3, 0.4) is 0 Å². The maximum absolute atomic E-state index is 10.8. The van der Waals surface area contributed by atoms with Crippen molar-refractivity contribution in [2.45, 2.75) is 6.54 Å². The second kappa shape index (κ2) is 4.73. The quantitative estimate of drug-likeness (QED) is 0.490. The molecule has 0 atom stereocenters. The highest BCUT2D eigenvalue weighted by Gasteiger charge is 2.12. The number of sulfonamides is 1. The van der Waals surface area contributed by atoms with Gasteiger partial charge in [-0.25, -0.2) is 18.1 Å². The minimum Gasteiger partial charge on any atom is -0.258 e. The lowest BCUT2D eigenvalue weighted by Crippen LogP contribution is -2.21. The second-order valence-electron chi connectivity index (χ2n) is 2.99. The fraction of sp³-hybridized carbons (Fsp3) is 0.286. The van der Waals surface area contributed by atoms with Crippen molar-refractivity contribution in [1.29, 1.82) is 0 Å². The van der Waals surface area contributed by atoms with E-state index in [0.717, 1.165) is 12.5 Å². The molecule has 1 aromatic heterocycles. The van der Waals surface area contributed by atoms with E-state index in [4.69, 9.17) is 11.6 Å². The lowest BCUT2D eigenvalue weighted by atomic mass is 10.3. The Kier molecular flexibility index (Phi) is 3.79. The van der Waals surface area contributed by atoms with Crippen LogP contribution in [-0.2, 0) is 16.6 Å². The maximum atomic E-state index is 10.8. The first kappa shape index (κ1) is 12.8. The molecule has 0 fully saturated rings. The molecule has 1 aromatic rings. The van der Waals surface area contributed by atoms with E-state index in [-0.39, 0.29) is 22.9 Å². The first-order valence-electron chi connectivity index (χ1n) is 4.03. The summed E-state index contributed by atoms with van der Waals surface area (Å²) >= 11 is 5.66. The Bertz CT molecular complexity index is 516. The van der Waals surface area contributed by atoms with Gasteiger partial charge in [0.15, 0.2) is 0 Å². The van der Waals surface area contributed by atoms with Crippen LogP contribution in [0.1, 0.15) is 5.56 Å². The molecule has 1 rings (SSSR count). The monoisotopic (exact) mass is 265 g/mol. The van der Waals surface area contributed by atoms with Crippen molar-refractivity contribution in [3.05, 3.63) is 33.1 Å². The highest BCUT2D eigenvalue weighted by molar-refractivity contribution is 7.88. The largest absolute Gasteiger partial charge is 0.287 e. The maximum Gasteiger partial charge on any atom is 0.287 e. The van der Waals surface area contributed by atoms with Crippen molar-refractivity contribution in [2.75, 3.05) is 6.26 Å². The first-order chi connectivity index (χ1) is 7.29. The average Bonchev–Trinajstić information content (AvgIpc) is 2.14. The number of nitro groups is 1. The van der Waals surface area contributed by atoms with Gasteiger partial charge < -0.3 is 0 Å². The summed E-state index contributed by atoms with van der Waals surface area (Å²) in [6.45, 7) is -0.133. The summed E-state index contributed by atoms with van der Waals surface area (Å²) in [5, 5.41) is 10.5. The smallest absolute Gasteiger partial charge is 0.258 e. The third-order valence-electron chi connectivity index (χ3n) is 1.63. The summed E-state index contributed by atoms with van der Waals surface area (Å²) in [6.07, 6.45) is 1.98. The number of aromatic nitrogens is 1. The van der Waals surface area contributed by atoms with Crippen LogP contribution >= 0.6 is 11.6 Å². The molecule has 0 bridgehead atoms. The zero-order valence-electron chi connectivity index (χ0n) is 8.18. The number of hydrogen-bond acceptors (Lipinski definition) is 5. The van der Waals surface area contributed by atoms with Gasteiger partial charge in [-0.15, -0.1) is 0 Å². The Balaban J connectivity index is 2.95. The minimum absolute atomic E-state index is 0.0294. The summed E-state index contributed by atoms with van der Waals surface area (Å²) in [5.74, 6) is 0. The molecule has 0 amide bonds. The van der Waals surface area contributed by atoms with Crippen molar-refractivity contribution >= 4 is 27.3 Å². The van der Waals surface area contributed by atoms with E-state index < -0.39 is 14.9 Å². The van der Waals surface area contributed by atoms with Gasteiger partial charge in [0.2, 0.25) is 10.0 Å². The van der Waals surface area contributed by atoms with Crippen molar-refractivity contribution < 1.29 is 13.3 Å². The molecule has 0 spiro atoms. The zero-order valence-corrected chi connectivity index (χ0v) is 9.75. The van der Waals surface area contributed by atoms with Crippen molar-refractivity contribution in [2.24, 2.45) is 0 Å². The van der Waals surface area contributed by atoms with Gasteiger partial charge in [-0.05, 0) is 0 Å². The molecule has 16 heavy (non-hydrogen) atoms. The third-order valence-corrected chi connectivity index (χ3v) is 2.64. The second-order valence-corrected chi connectivity index (χ2v) is 5.18. The van der Waals surface area contributed by atoms with E-state index >= 15 is 0 Å². The highest BCUT2D eigenvalue weighted by atomic mass is 35.5. The molecule has 7 nitrogen and oxygen atoms in total. The normalized spacial score (nSPS) is 11.4. The Morgan fingerprint density at radius 3 is 2.75 bits per heavy atom. The Hall–Kier alpha value is -1.25. The van der Waals surface area contributed by atoms with Gasteiger partial charge in [-0.2, -0.15) is 0 Å². The molecule has 0 aliphatic carbocycles. The van der Waals surface area contributed by atoms with Crippen LogP contribution in [0.2, 0.25) is 5.15 Å². The van der Waals surface area contributed by atoms with Gasteiger partial charge in [-0.3, -0.25) is 10.1 Å². The molecule has 0 aromatic carbocycles. The summed E-state index contributed by atoms with van der Waals surface area (Å²) in [7, 11) is -3.38. The molecule has 9 heteroatoms. The number of rotatable bonds is 4. The summed E-state index contributed by atoms with van der Waals surface area (Å²) in [6, 6.07) is 1.17. The van der Waals surface area contributed by atoms with Crippen molar-refractivity contribution in [3.8, 4) is 0 Å². The van der Waals surface area contributed by atoms with Crippen LogP contribution in [0.4, 0.5) is 5.69 Å². The van der Waals surface area contributed by atoms with E-state index in [1.807, 2.05) is 0 Å². The first-order valence-corrected chi connectivity index (χ1v) is 6.30. The van der Waals surface area contributed by atoms with Gasteiger partial charge in [0.05, 0.1) is 11.2 Å². The molecule has 0 aliphatic rings. The third kappa shape index (κ3) is 3.72. The molecule has 0 unspecified atom stereocenters. The van der Waals surface area contributed by atoms with Crippen LogP contribution in [0.5, 0.6) is 0 Å². The Morgan fingerprint density at radius 1 is 1.62 bits per heavy atom. The molecule has 0 saturated heterocycles. The summed E-state index contributed by atoms with van der Waals surface area (Å²) in [5.41, 5.74) is 0.0102. The van der Waals surface area contributed by atoms with Gasteiger partial charge in [0, 0.05) is 18.2 Å². The highest BCUT2D eigenvalue weighted by Crippen LogP contribution is 2.18. The lowest BCUT2D eigenvalue weighted by Gasteiger charge is -2.03. The molecule has 88 valence electrons.